The molecule has 40 heavy (non-hydrogen) atoms. The maximum absolute atomic E-state index is 13.6. The number of ether oxygens (including phenoxy) is 3. The molecule has 2 saturated heterocycles. The molecule has 4 aliphatic rings. The number of nitrogens with zero attached hydrogens (tertiary/aromatic N) is 4. The lowest BCUT2D eigenvalue weighted by Gasteiger charge is -2.40. The van der Waals surface area contributed by atoms with Crippen molar-refractivity contribution in [1.29, 1.82) is 0 Å². The lowest BCUT2D eigenvalue weighted by molar-refractivity contribution is -0.141. The third kappa shape index (κ3) is 5.58. The minimum atomic E-state index is -0.620. The fraction of sp³-hybridized carbons (Fsp3) is 0.429. The molecule has 6 heterocycles. The number of hydrogen-bond acceptors (Lipinski definition) is 9. The first-order valence-corrected chi connectivity index (χ1v) is 13.5. The number of allylic oxidation sites excluding steroid dienone is 1. The molecule has 12 nitrogen and oxygen atoms in total. The number of carbonyl (C=O) groups is 2. The van der Waals surface area contributed by atoms with Crippen LogP contribution in [0.2, 0.25) is 0 Å². The molecule has 0 spiro atoms. The van der Waals surface area contributed by atoms with Crippen molar-refractivity contribution in [2.75, 3.05) is 31.6 Å². The minimum Gasteiger partial charge on any atom is -0.491 e. The van der Waals surface area contributed by atoms with Crippen molar-refractivity contribution in [3.8, 4) is 5.75 Å². The van der Waals surface area contributed by atoms with Crippen molar-refractivity contribution in [1.82, 2.24) is 30.4 Å². The molecular formula is C28H33N7O5. The van der Waals surface area contributed by atoms with Gasteiger partial charge in [-0.1, -0.05) is 12.1 Å². The monoisotopic (exact) mass is 547 g/mol. The SMILES string of the molecule is CC1(C)OC[C@H](COc2ccnc(NC(=O)N3C4=C(C=CC(C(=O)NCc5cccnc5)N4)N4CC[C@H]3C4)c2)O1. The molecule has 2 fully saturated rings. The van der Waals surface area contributed by atoms with Gasteiger partial charge >= 0.3 is 6.03 Å². The van der Waals surface area contributed by atoms with Crippen LogP contribution >= 0.6 is 0 Å². The number of carbonyl (C=O) groups excluding carboxylic acids is 2. The van der Waals surface area contributed by atoms with E-state index in [0.29, 0.717) is 37.1 Å². The number of rotatable bonds is 7. The quantitative estimate of drug-likeness (QED) is 0.476. The molecule has 6 rings (SSSR count). The van der Waals surface area contributed by atoms with Gasteiger partial charge in [0.15, 0.2) is 5.79 Å². The van der Waals surface area contributed by atoms with E-state index in [2.05, 4.69) is 30.8 Å². The van der Waals surface area contributed by atoms with Crippen LogP contribution in [0, 0.1) is 0 Å². The van der Waals surface area contributed by atoms with E-state index in [-0.39, 0.29) is 24.1 Å². The van der Waals surface area contributed by atoms with Gasteiger partial charge < -0.3 is 29.7 Å². The third-order valence-electron chi connectivity index (χ3n) is 7.25. The molecule has 2 bridgehead atoms. The number of nitrogens with one attached hydrogen (secondary N) is 3. The Morgan fingerprint density at radius 3 is 2.98 bits per heavy atom. The third-order valence-corrected chi connectivity index (χ3v) is 7.25. The molecule has 0 aliphatic carbocycles. The Kier molecular flexibility index (Phi) is 7.03. The number of anilines is 1. The number of aromatic nitrogens is 2. The average molecular weight is 548 g/mol. The first-order chi connectivity index (χ1) is 19.3. The molecular weight excluding hydrogens is 514 g/mol. The van der Waals surface area contributed by atoms with E-state index in [0.717, 1.165) is 30.8 Å². The van der Waals surface area contributed by atoms with E-state index in [4.69, 9.17) is 14.2 Å². The Morgan fingerprint density at radius 2 is 2.17 bits per heavy atom. The number of amides is 3. The molecule has 0 radical (unpaired) electrons. The van der Waals surface area contributed by atoms with Crippen molar-refractivity contribution in [2.45, 2.75) is 50.8 Å². The maximum atomic E-state index is 13.6. The average Bonchev–Trinajstić information content (AvgIpc) is 3.54. The summed E-state index contributed by atoms with van der Waals surface area (Å²) in [6, 6.07) is 6.18. The number of dihydropyridines is 1. The van der Waals surface area contributed by atoms with Crippen molar-refractivity contribution < 1.29 is 23.8 Å². The number of hydrogen-bond donors (Lipinski definition) is 3. The second-order valence-corrected chi connectivity index (χ2v) is 10.6. The van der Waals surface area contributed by atoms with Gasteiger partial charge in [0.25, 0.3) is 0 Å². The van der Waals surface area contributed by atoms with Gasteiger partial charge in [0, 0.05) is 44.3 Å². The molecule has 3 atom stereocenters. The predicted molar refractivity (Wildman–Crippen MR) is 145 cm³/mol. The summed E-state index contributed by atoms with van der Waals surface area (Å²) in [6.45, 7) is 6.44. The molecule has 3 amide bonds. The maximum Gasteiger partial charge on any atom is 0.328 e. The lowest BCUT2D eigenvalue weighted by atomic mass is 10.1. The van der Waals surface area contributed by atoms with Gasteiger partial charge in [-0.2, -0.15) is 0 Å². The summed E-state index contributed by atoms with van der Waals surface area (Å²) < 4.78 is 17.3. The van der Waals surface area contributed by atoms with E-state index < -0.39 is 11.8 Å². The highest BCUT2D eigenvalue weighted by atomic mass is 16.7. The fourth-order valence-electron chi connectivity index (χ4n) is 5.33. The van der Waals surface area contributed by atoms with E-state index in [1.165, 1.54) is 0 Å². The Morgan fingerprint density at radius 1 is 1.27 bits per heavy atom. The number of pyridine rings is 2. The molecule has 2 aromatic rings. The van der Waals surface area contributed by atoms with Crippen molar-refractivity contribution in [3.05, 3.63) is 72.1 Å². The zero-order valence-corrected chi connectivity index (χ0v) is 22.5. The largest absolute Gasteiger partial charge is 0.491 e. The summed E-state index contributed by atoms with van der Waals surface area (Å²) in [5.74, 6) is 0.736. The zero-order valence-electron chi connectivity index (χ0n) is 22.5. The highest BCUT2D eigenvalue weighted by Gasteiger charge is 2.42. The van der Waals surface area contributed by atoms with E-state index in [1.54, 1.807) is 35.6 Å². The van der Waals surface area contributed by atoms with Crippen molar-refractivity contribution in [2.24, 2.45) is 0 Å². The number of fused-ring (bicyclic) bond motifs is 3. The van der Waals surface area contributed by atoms with Crippen LogP contribution in [-0.2, 0) is 20.8 Å². The second kappa shape index (κ2) is 10.8. The van der Waals surface area contributed by atoms with Crippen LogP contribution in [0.3, 0.4) is 0 Å². The van der Waals surface area contributed by atoms with Gasteiger partial charge in [-0.3, -0.25) is 20.0 Å². The van der Waals surface area contributed by atoms with E-state index >= 15 is 0 Å². The topological polar surface area (TPSA) is 130 Å². The van der Waals surface area contributed by atoms with Crippen molar-refractivity contribution in [3.63, 3.8) is 0 Å². The van der Waals surface area contributed by atoms with Gasteiger partial charge in [-0.05, 0) is 44.0 Å². The van der Waals surface area contributed by atoms with Crippen molar-refractivity contribution >= 4 is 17.8 Å². The van der Waals surface area contributed by atoms with Crippen LogP contribution in [-0.4, -0.2) is 82.0 Å². The molecule has 4 aliphatic heterocycles. The van der Waals surface area contributed by atoms with Gasteiger partial charge in [-0.25, -0.2) is 9.78 Å². The van der Waals surface area contributed by atoms with Crippen LogP contribution in [0.4, 0.5) is 10.6 Å². The van der Waals surface area contributed by atoms with Crippen LogP contribution in [0.1, 0.15) is 25.8 Å². The van der Waals surface area contributed by atoms with Crippen LogP contribution < -0.4 is 20.7 Å². The van der Waals surface area contributed by atoms with Gasteiger partial charge in [0.2, 0.25) is 5.91 Å². The Balaban J connectivity index is 1.11. The summed E-state index contributed by atoms with van der Waals surface area (Å²) in [4.78, 5) is 39.0. The molecule has 0 saturated carbocycles. The van der Waals surface area contributed by atoms with Gasteiger partial charge in [0.05, 0.1) is 18.3 Å². The first-order valence-electron chi connectivity index (χ1n) is 13.5. The van der Waals surface area contributed by atoms with Crippen LogP contribution in [0.15, 0.2) is 66.5 Å². The van der Waals surface area contributed by atoms with Crippen LogP contribution in [0.5, 0.6) is 5.75 Å². The zero-order chi connectivity index (χ0) is 27.7. The van der Waals surface area contributed by atoms with Gasteiger partial charge in [-0.15, -0.1) is 0 Å². The standard InChI is InChI=1S/C28H33N7O5/c1-28(2)39-17-21(40-28)16-38-20-7-10-30-24(12-20)33-27(37)35-19-8-11-34(15-19)23-6-5-22(32-25(23)35)26(36)31-14-18-4-3-9-29-13-18/h3-7,9-10,12-13,19,21-22,32H,8,11,14-17H2,1-2H3,(H,31,36)(H,30,33,37)/t19-,21-,22?/m0/s1. The normalized spacial score (nSPS) is 24.4. The molecule has 0 aromatic carbocycles. The Bertz CT molecular complexity index is 1330. The fourth-order valence-corrected chi connectivity index (χ4v) is 5.33. The summed E-state index contributed by atoms with van der Waals surface area (Å²) in [5, 5.41) is 9.15. The smallest absolute Gasteiger partial charge is 0.328 e. The molecule has 2 aromatic heterocycles. The predicted octanol–water partition coefficient (Wildman–Crippen LogP) is 1.94. The molecule has 210 valence electrons. The summed E-state index contributed by atoms with van der Waals surface area (Å²) in [6.07, 6.45) is 9.39. The highest BCUT2D eigenvalue weighted by Crippen LogP contribution is 2.33. The highest BCUT2D eigenvalue weighted by molar-refractivity contribution is 5.91. The Labute approximate surface area is 232 Å². The van der Waals surface area contributed by atoms with E-state index in [1.807, 2.05) is 38.1 Å². The lowest BCUT2D eigenvalue weighted by Crippen LogP contribution is -2.55. The Hall–Kier alpha value is -4.16. The van der Waals surface area contributed by atoms with E-state index in [9.17, 15) is 9.59 Å². The first kappa shape index (κ1) is 26.1. The summed E-state index contributed by atoms with van der Waals surface area (Å²) in [5.41, 5.74) is 1.80. The van der Waals surface area contributed by atoms with Gasteiger partial charge in [0.1, 0.15) is 36.1 Å². The minimum absolute atomic E-state index is 0.0286. The second-order valence-electron chi connectivity index (χ2n) is 10.6. The molecule has 3 N–H and O–H groups in total. The number of urea groups is 1. The molecule has 12 heteroatoms. The summed E-state index contributed by atoms with van der Waals surface area (Å²) in [7, 11) is 0. The van der Waals surface area contributed by atoms with Crippen LogP contribution in [0.25, 0.3) is 0 Å². The molecule has 1 unspecified atom stereocenters. The summed E-state index contributed by atoms with van der Waals surface area (Å²) >= 11 is 0.